The van der Waals surface area contributed by atoms with Crippen molar-refractivity contribution in [2.45, 2.75) is 25.9 Å². The molecule has 20 heavy (non-hydrogen) atoms. The molecule has 1 amide bonds. The van der Waals surface area contributed by atoms with Gasteiger partial charge in [0.15, 0.2) is 0 Å². The zero-order valence-corrected chi connectivity index (χ0v) is 11.7. The normalized spacial score (nSPS) is 17.8. The molecule has 6 nitrogen and oxygen atoms in total. The first-order chi connectivity index (χ1) is 9.69. The lowest BCUT2D eigenvalue weighted by molar-refractivity contribution is 0.0853. The van der Waals surface area contributed by atoms with Crippen LogP contribution in [0.1, 0.15) is 29.0 Å². The summed E-state index contributed by atoms with van der Waals surface area (Å²) in [7, 11) is 0. The average Bonchev–Trinajstić information content (AvgIpc) is 2.95. The molecular weight excluding hydrogens is 256 g/mol. The van der Waals surface area contributed by atoms with Crippen molar-refractivity contribution >= 4 is 11.9 Å². The van der Waals surface area contributed by atoms with Gasteiger partial charge in [0, 0.05) is 25.4 Å². The molecule has 2 N–H and O–H groups in total. The molecule has 0 bridgehead atoms. The van der Waals surface area contributed by atoms with Gasteiger partial charge in [0.1, 0.15) is 5.69 Å². The Labute approximate surface area is 118 Å². The molecule has 2 rings (SSSR count). The van der Waals surface area contributed by atoms with E-state index in [1.807, 2.05) is 6.92 Å². The highest BCUT2D eigenvalue weighted by molar-refractivity contribution is 5.92. The molecule has 1 aromatic heterocycles. The van der Waals surface area contributed by atoms with Crippen LogP contribution in [0.3, 0.4) is 0 Å². The van der Waals surface area contributed by atoms with E-state index >= 15 is 0 Å². The van der Waals surface area contributed by atoms with Crippen molar-refractivity contribution in [2.75, 3.05) is 25.0 Å². The van der Waals surface area contributed by atoms with E-state index in [-0.39, 0.29) is 12.0 Å². The predicted molar refractivity (Wildman–Crippen MR) is 76.8 cm³/mol. The van der Waals surface area contributed by atoms with Crippen molar-refractivity contribution in [1.29, 1.82) is 0 Å². The summed E-state index contributed by atoms with van der Waals surface area (Å²) in [4.78, 5) is 20.5. The van der Waals surface area contributed by atoms with Gasteiger partial charge in [-0.15, -0.1) is 6.58 Å². The molecule has 108 valence electrons. The highest BCUT2D eigenvalue weighted by Gasteiger charge is 2.17. The quantitative estimate of drug-likeness (QED) is 0.766. The van der Waals surface area contributed by atoms with Crippen molar-refractivity contribution in [1.82, 2.24) is 15.3 Å². The van der Waals surface area contributed by atoms with Crippen LogP contribution in [0.15, 0.2) is 18.7 Å². The minimum Gasteiger partial charge on any atom is -0.376 e. The summed E-state index contributed by atoms with van der Waals surface area (Å²) in [5.41, 5.74) is 1.11. The lowest BCUT2D eigenvalue weighted by atomic mass is 10.2. The van der Waals surface area contributed by atoms with Gasteiger partial charge in [-0.05, 0) is 25.8 Å². The number of ether oxygens (including phenoxy) is 1. The topological polar surface area (TPSA) is 76.1 Å². The summed E-state index contributed by atoms with van der Waals surface area (Å²) in [6.07, 6.45) is 3.89. The van der Waals surface area contributed by atoms with Crippen molar-refractivity contribution in [3.63, 3.8) is 0 Å². The number of nitrogens with zero attached hydrogens (tertiary/aromatic N) is 2. The zero-order valence-electron chi connectivity index (χ0n) is 11.7. The summed E-state index contributed by atoms with van der Waals surface area (Å²) in [6.45, 7) is 7.31. The van der Waals surface area contributed by atoms with Crippen LogP contribution in [0.25, 0.3) is 0 Å². The number of carbonyl (C=O) groups excluding carboxylic acids is 1. The van der Waals surface area contributed by atoms with Crippen LogP contribution in [-0.2, 0) is 4.74 Å². The van der Waals surface area contributed by atoms with Gasteiger partial charge in [-0.1, -0.05) is 6.08 Å². The SMILES string of the molecule is C=CCNc1nc(C)cc(C(=O)NCC2CCCO2)n1. The second-order valence-corrected chi connectivity index (χ2v) is 4.73. The van der Waals surface area contributed by atoms with Crippen LogP contribution in [0.5, 0.6) is 0 Å². The largest absolute Gasteiger partial charge is 0.376 e. The first-order valence-corrected chi connectivity index (χ1v) is 6.79. The number of anilines is 1. The van der Waals surface area contributed by atoms with E-state index < -0.39 is 0 Å². The molecule has 0 aromatic carbocycles. The van der Waals surface area contributed by atoms with Gasteiger partial charge in [0.05, 0.1) is 6.10 Å². The summed E-state index contributed by atoms with van der Waals surface area (Å²) >= 11 is 0. The number of amides is 1. The molecule has 0 saturated carbocycles. The molecule has 0 radical (unpaired) electrons. The van der Waals surface area contributed by atoms with Gasteiger partial charge in [0.25, 0.3) is 5.91 Å². The molecule has 1 saturated heterocycles. The number of rotatable bonds is 6. The molecule has 1 aliphatic rings. The Bertz CT molecular complexity index is 484. The standard InChI is InChI=1S/C14H20N4O2/c1-3-6-15-14-17-10(2)8-12(18-14)13(19)16-9-11-5-4-7-20-11/h3,8,11H,1,4-7,9H2,2H3,(H,16,19)(H,15,17,18). The van der Waals surface area contributed by atoms with Gasteiger partial charge >= 0.3 is 0 Å². The minimum atomic E-state index is -0.201. The van der Waals surface area contributed by atoms with Crippen LogP contribution in [-0.4, -0.2) is 41.7 Å². The van der Waals surface area contributed by atoms with Gasteiger partial charge in [-0.2, -0.15) is 0 Å². The maximum atomic E-state index is 12.1. The third-order valence-electron chi connectivity index (χ3n) is 3.01. The highest BCUT2D eigenvalue weighted by Crippen LogP contribution is 2.11. The molecule has 2 heterocycles. The van der Waals surface area contributed by atoms with E-state index in [1.54, 1.807) is 12.1 Å². The summed E-state index contributed by atoms with van der Waals surface area (Å²) in [5.74, 6) is 0.236. The number of hydrogen-bond acceptors (Lipinski definition) is 5. The molecule has 6 heteroatoms. The van der Waals surface area contributed by atoms with Crippen molar-refractivity contribution in [2.24, 2.45) is 0 Å². The van der Waals surface area contributed by atoms with E-state index in [0.717, 1.165) is 25.1 Å². The van der Waals surface area contributed by atoms with Crippen LogP contribution in [0.4, 0.5) is 5.95 Å². The summed E-state index contributed by atoms with van der Waals surface area (Å²) in [5, 5.41) is 5.83. The molecule has 1 unspecified atom stereocenters. The Morgan fingerprint density at radius 3 is 3.15 bits per heavy atom. The number of aromatic nitrogens is 2. The van der Waals surface area contributed by atoms with Crippen molar-refractivity contribution in [3.05, 3.63) is 30.1 Å². The smallest absolute Gasteiger partial charge is 0.270 e. The van der Waals surface area contributed by atoms with Gasteiger partial charge in [-0.3, -0.25) is 4.79 Å². The Morgan fingerprint density at radius 1 is 1.60 bits per heavy atom. The lowest BCUT2D eigenvalue weighted by Crippen LogP contribution is -2.32. The summed E-state index contributed by atoms with van der Waals surface area (Å²) < 4.78 is 5.47. The molecule has 1 aliphatic heterocycles. The summed E-state index contributed by atoms with van der Waals surface area (Å²) in [6, 6.07) is 1.67. The zero-order chi connectivity index (χ0) is 14.4. The second kappa shape index (κ2) is 7.00. The molecule has 0 spiro atoms. The Morgan fingerprint density at radius 2 is 2.45 bits per heavy atom. The molecule has 0 aliphatic carbocycles. The van der Waals surface area contributed by atoms with E-state index in [4.69, 9.17) is 4.74 Å². The number of carbonyl (C=O) groups is 1. The monoisotopic (exact) mass is 276 g/mol. The molecular formula is C14H20N4O2. The first kappa shape index (κ1) is 14.5. The Kier molecular flexibility index (Phi) is 5.06. The second-order valence-electron chi connectivity index (χ2n) is 4.73. The van der Waals surface area contributed by atoms with Gasteiger partial charge in [0.2, 0.25) is 5.95 Å². The van der Waals surface area contributed by atoms with Crippen LogP contribution >= 0.6 is 0 Å². The van der Waals surface area contributed by atoms with E-state index in [1.165, 1.54) is 0 Å². The van der Waals surface area contributed by atoms with E-state index in [9.17, 15) is 4.79 Å². The van der Waals surface area contributed by atoms with E-state index in [2.05, 4.69) is 27.2 Å². The highest BCUT2D eigenvalue weighted by atomic mass is 16.5. The predicted octanol–water partition coefficient (Wildman–Crippen LogP) is 1.29. The molecule has 1 atom stereocenters. The molecule has 1 fully saturated rings. The number of hydrogen-bond donors (Lipinski definition) is 2. The van der Waals surface area contributed by atoms with Crippen LogP contribution in [0.2, 0.25) is 0 Å². The fourth-order valence-electron chi connectivity index (χ4n) is 2.03. The maximum Gasteiger partial charge on any atom is 0.270 e. The van der Waals surface area contributed by atoms with Crippen LogP contribution < -0.4 is 10.6 Å². The Balaban J connectivity index is 1.96. The Hall–Kier alpha value is -1.95. The third kappa shape index (κ3) is 4.03. The molecule has 1 aromatic rings. The first-order valence-electron chi connectivity index (χ1n) is 6.79. The third-order valence-corrected chi connectivity index (χ3v) is 3.01. The van der Waals surface area contributed by atoms with E-state index in [0.29, 0.717) is 24.7 Å². The fourth-order valence-corrected chi connectivity index (χ4v) is 2.03. The maximum absolute atomic E-state index is 12.1. The van der Waals surface area contributed by atoms with Gasteiger partial charge in [-0.25, -0.2) is 9.97 Å². The van der Waals surface area contributed by atoms with Crippen LogP contribution in [0, 0.1) is 6.92 Å². The van der Waals surface area contributed by atoms with Gasteiger partial charge < -0.3 is 15.4 Å². The van der Waals surface area contributed by atoms with Crippen molar-refractivity contribution in [3.8, 4) is 0 Å². The number of nitrogens with one attached hydrogen (secondary N) is 2. The lowest BCUT2D eigenvalue weighted by Gasteiger charge is -2.11. The fraction of sp³-hybridized carbons (Fsp3) is 0.500. The number of aryl methyl sites for hydroxylation is 1. The minimum absolute atomic E-state index is 0.125. The van der Waals surface area contributed by atoms with Crippen molar-refractivity contribution < 1.29 is 9.53 Å². The average molecular weight is 276 g/mol.